The molecule has 3 rings (SSSR count). The van der Waals surface area contributed by atoms with E-state index in [1.165, 1.54) is 5.56 Å². The van der Waals surface area contributed by atoms with Gasteiger partial charge < -0.3 is 16.0 Å². The Kier molecular flexibility index (Phi) is 6.85. The number of nitrogens with two attached hydrogens (primary N) is 1. The predicted molar refractivity (Wildman–Crippen MR) is 102 cm³/mol. The second kappa shape index (κ2) is 8.68. The van der Waals surface area contributed by atoms with Crippen LogP contribution in [0.2, 0.25) is 0 Å². The second-order valence-corrected chi connectivity index (χ2v) is 6.97. The molecule has 6 heteroatoms. The van der Waals surface area contributed by atoms with E-state index < -0.39 is 0 Å². The first-order valence-electron chi connectivity index (χ1n) is 9.02. The minimum atomic E-state index is -0.262. The maximum atomic E-state index is 12.6. The van der Waals surface area contributed by atoms with Gasteiger partial charge in [-0.3, -0.25) is 9.59 Å². The highest BCUT2D eigenvalue weighted by Gasteiger charge is 2.37. The monoisotopic (exact) mass is 365 g/mol. The highest BCUT2D eigenvalue weighted by molar-refractivity contribution is 6.00. The SMILES string of the molecule is CCc1ccc(N2CC(C(=O)NC3CCCC3CN)CC2=O)cc1.Cl. The number of nitrogens with zero attached hydrogens (tertiary/aromatic N) is 1. The Hall–Kier alpha value is -1.59. The molecular formula is C19H28ClN3O2. The lowest BCUT2D eigenvalue weighted by molar-refractivity contribution is -0.127. The van der Waals surface area contributed by atoms with Crippen LogP contribution >= 0.6 is 12.4 Å². The van der Waals surface area contributed by atoms with Gasteiger partial charge in [-0.05, 0) is 49.4 Å². The summed E-state index contributed by atoms with van der Waals surface area (Å²) in [5, 5.41) is 3.13. The number of amides is 2. The molecule has 3 unspecified atom stereocenters. The molecule has 2 fully saturated rings. The predicted octanol–water partition coefficient (Wildman–Crippen LogP) is 2.27. The van der Waals surface area contributed by atoms with Gasteiger partial charge >= 0.3 is 0 Å². The quantitative estimate of drug-likeness (QED) is 0.840. The summed E-state index contributed by atoms with van der Waals surface area (Å²) < 4.78 is 0. The van der Waals surface area contributed by atoms with E-state index in [1.54, 1.807) is 4.90 Å². The van der Waals surface area contributed by atoms with Gasteiger partial charge in [0.25, 0.3) is 0 Å². The van der Waals surface area contributed by atoms with E-state index in [2.05, 4.69) is 12.2 Å². The van der Waals surface area contributed by atoms with Gasteiger partial charge in [-0.15, -0.1) is 12.4 Å². The fourth-order valence-electron chi connectivity index (χ4n) is 3.85. The number of hydrogen-bond acceptors (Lipinski definition) is 3. The van der Waals surface area contributed by atoms with Crippen LogP contribution < -0.4 is 16.0 Å². The Morgan fingerprint density at radius 2 is 2.00 bits per heavy atom. The molecule has 0 spiro atoms. The molecule has 0 radical (unpaired) electrons. The van der Waals surface area contributed by atoms with Crippen LogP contribution in [0, 0.1) is 11.8 Å². The summed E-state index contributed by atoms with van der Waals surface area (Å²) in [7, 11) is 0. The highest BCUT2D eigenvalue weighted by atomic mass is 35.5. The van der Waals surface area contributed by atoms with Crippen LogP contribution in [0.4, 0.5) is 5.69 Å². The van der Waals surface area contributed by atoms with E-state index in [1.807, 2.05) is 24.3 Å². The molecule has 5 nitrogen and oxygen atoms in total. The zero-order chi connectivity index (χ0) is 17.1. The molecular weight excluding hydrogens is 338 g/mol. The third-order valence-electron chi connectivity index (χ3n) is 5.44. The molecule has 2 amide bonds. The van der Waals surface area contributed by atoms with Gasteiger partial charge in [0.1, 0.15) is 0 Å². The molecule has 1 aliphatic heterocycles. The summed E-state index contributed by atoms with van der Waals surface area (Å²) in [5.41, 5.74) is 7.91. The fraction of sp³-hybridized carbons (Fsp3) is 0.579. The van der Waals surface area contributed by atoms with Crippen LogP contribution in [-0.2, 0) is 16.0 Å². The van der Waals surface area contributed by atoms with Crippen LogP contribution in [0.15, 0.2) is 24.3 Å². The van der Waals surface area contributed by atoms with Crippen molar-refractivity contribution in [1.29, 1.82) is 0 Å². The van der Waals surface area contributed by atoms with Gasteiger partial charge in [-0.25, -0.2) is 0 Å². The third kappa shape index (κ3) is 4.33. The number of halogens is 1. The fourth-order valence-corrected chi connectivity index (χ4v) is 3.85. The summed E-state index contributed by atoms with van der Waals surface area (Å²) in [6, 6.07) is 8.20. The topological polar surface area (TPSA) is 75.4 Å². The van der Waals surface area contributed by atoms with Gasteiger partial charge in [0, 0.05) is 24.7 Å². The maximum absolute atomic E-state index is 12.6. The van der Waals surface area contributed by atoms with Crippen LogP contribution in [0.25, 0.3) is 0 Å². The van der Waals surface area contributed by atoms with Crippen LogP contribution in [-0.4, -0.2) is 30.9 Å². The summed E-state index contributed by atoms with van der Waals surface area (Å²) in [4.78, 5) is 26.6. The molecule has 0 bridgehead atoms. The van der Waals surface area contributed by atoms with Crippen LogP contribution in [0.5, 0.6) is 0 Å². The lowest BCUT2D eigenvalue weighted by atomic mass is 10.0. The lowest BCUT2D eigenvalue weighted by Crippen LogP contribution is -2.43. The van der Waals surface area contributed by atoms with Crippen molar-refractivity contribution < 1.29 is 9.59 Å². The van der Waals surface area contributed by atoms with Gasteiger partial charge in [0.05, 0.1) is 5.92 Å². The number of carbonyl (C=O) groups excluding carboxylic acids is 2. The Morgan fingerprint density at radius 3 is 2.64 bits per heavy atom. The van der Waals surface area contributed by atoms with E-state index in [0.717, 1.165) is 31.4 Å². The summed E-state index contributed by atoms with van der Waals surface area (Å²) >= 11 is 0. The number of nitrogens with one attached hydrogen (secondary N) is 1. The van der Waals surface area contributed by atoms with Gasteiger partial charge in [-0.2, -0.15) is 0 Å². The molecule has 1 heterocycles. The average Bonchev–Trinajstić information content (AvgIpc) is 3.21. The van der Waals surface area contributed by atoms with Gasteiger partial charge in [0.2, 0.25) is 11.8 Å². The van der Waals surface area contributed by atoms with E-state index >= 15 is 0 Å². The number of carbonyl (C=O) groups is 2. The Labute approximate surface area is 155 Å². The summed E-state index contributed by atoms with van der Waals surface area (Å²) in [5.74, 6) is 0.147. The largest absolute Gasteiger partial charge is 0.353 e. The van der Waals surface area contributed by atoms with Crippen molar-refractivity contribution in [2.75, 3.05) is 18.0 Å². The van der Waals surface area contributed by atoms with Crippen molar-refractivity contribution in [3.05, 3.63) is 29.8 Å². The molecule has 1 saturated carbocycles. The number of anilines is 1. The molecule has 138 valence electrons. The zero-order valence-electron chi connectivity index (χ0n) is 14.7. The number of benzene rings is 1. The normalized spacial score (nSPS) is 25.8. The smallest absolute Gasteiger partial charge is 0.227 e. The minimum absolute atomic E-state index is 0. The molecule has 2 aliphatic rings. The molecule has 1 aromatic rings. The van der Waals surface area contributed by atoms with Crippen molar-refractivity contribution in [3.63, 3.8) is 0 Å². The molecule has 25 heavy (non-hydrogen) atoms. The molecule has 1 saturated heterocycles. The van der Waals surface area contributed by atoms with E-state index in [9.17, 15) is 9.59 Å². The maximum Gasteiger partial charge on any atom is 0.227 e. The Morgan fingerprint density at radius 1 is 1.28 bits per heavy atom. The molecule has 0 aromatic heterocycles. The average molecular weight is 366 g/mol. The standard InChI is InChI=1S/C19H27N3O2.ClH/c1-2-13-6-8-16(9-7-13)22-12-15(10-18(22)23)19(24)21-17-5-3-4-14(17)11-20;/h6-9,14-15,17H,2-5,10-12,20H2,1H3,(H,21,24);1H. The van der Waals surface area contributed by atoms with Crippen molar-refractivity contribution in [2.45, 2.75) is 45.1 Å². The summed E-state index contributed by atoms with van der Waals surface area (Å²) in [6.07, 6.45) is 4.47. The number of aryl methyl sites for hydroxylation is 1. The van der Waals surface area contributed by atoms with Crippen molar-refractivity contribution >= 4 is 29.9 Å². The van der Waals surface area contributed by atoms with Gasteiger partial charge in [0.15, 0.2) is 0 Å². The third-order valence-corrected chi connectivity index (χ3v) is 5.44. The second-order valence-electron chi connectivity index (χ2n) is 6.97. The van der Waals surface area contributed by atoms with E-state index in [0.29, 0.717) is 25.4 Å². The minimum Gasteiger partial charge on any atom is -0.353 e. The molecule has 1 aliphatic carbocycles. The first kappa shape index (κ1) is 19.7. The number of hydrogen-bond donors (Lipinski definition) is 2. The Bertz CT molecular complexity index is 605. The van der Waals surface area contributed by atoms with Gasteiger partial charge in [-0.1, -0.05) is 25.5 Å². The van der Waals surface area contributed by atoms with Crippen LogP contribution in [0.3, 0.4) is 0 Å². The van der Waals surface area contributed by atoms with Crippen LogP contribution in [0.1, 0.15) is 38.2 Å². The van der Waals surface area contributed by atoms with Crippen molar-refractivity contribution in [1.82, 2.24) is 5.32 Å². The van der Waals surface area contributed by atoms with Crippen molar-refractivity contribution in [3.8, 4) is 0 Å². The zero-order valence-corrected chi connectivity index (χ0v) is 15.6. The number of rotatable bonds is 5. The van der Waals surface area contributed by atoms with Crippen molar-refractivity contribution in [2.24, 2.45) is 17.6 Å². The Balaban J connectivity index is 0.00000225. The summed E-state index contributed by atoms with van der Waals surface area (Å²) in [6.45, 7) is 3.19. The lowest BCUT2D eigenvalue weighted by Gasteiger charge is -2.22. The molecule has 1 aromatic carbocycles. The van der Waals surface area contributed by atoms with E-state index in [4.69, 9.17) is 5.73 Å². The first-order chi connectivity index (χ1) is 11.6. The highest BCUT2D eigenvalue weighted by Crippen LogP contribution is 2.28. The van der Waals surface area contributed by atoms with E-state index in [-0.39, 0.29) is 36.2 Å². The first-order valence-corrected chi connectivity index (χ1v) is 9.02. The molecule has 3 N–H and O–H groups in total. The molecule has 3 atom stereocenters.